The Morgan fingerprint density at radius 3 is 2.80 bits per heavy atom. The van der Waals surface area contributed by atoms with Crippen LogP contribution in [0.1, 0.15) is 37.7 Å². The van der Waals surface area contributed by atoms with Gasteiger partial charge in [-0.25, -0.2) is 0 Å². The Balaban J connectivity index is 2.20. The van der Waals surface area contributed by atoms with Crippen LogP contribution < -0.4 is 10.1 Å². The van der Waals surface area contributed by atoms with Crippen LogP contribution in [0.15, 0.2) is 47.8 Å². The Morgan fingerprint density at radius 2 is 2.08 bits per heavy atom. The first kappa shape index (κ1) is 17.3. The van der Waals surface area contributed by atoms with E-state index in [1.165, 1.54) is 7.11 Å². The summed E-state index contributed by atoms with van der Waals surface area (Å²) >= 11 is 0. The number of nitrogens with one attached hydrogen (secondary N) is 1. The van der Waals surface area contributed by atoms with Crippen molar-refractivity contribution in [2.75, 3.05) is 13.7 Å². The van der Waals surface area contributed by atoms with Crippen LogP contribution in [0.4, 0.5) is 0 Å². The van der Waals surface area contributed by atoms with Crippen LogP contribution in [-0.4, -0.2) is 25.5 Å². The molecule has 1 aromatic rings. The average molecular weight is 341 g/mol. The van der Waals surface area contributed by atoms with Crippen LogP contribution in [0, 0.1) is 5.92 Å². The van der Waals surface area contributed by atoms with Gasteiger partial charge in [0.25, 0.3) is 0 Å². The summed E-state index contributed by atoms with van der Waals surface area (Å²) in [6.07, 6.45) is 2.08. The Labute approximate surface area is 147 Å². The highest BCUT2D eigenvalue weighted by molar-refractivity contribution is 6.00. The molecule has 1 aromatic carbocycles. The van der Waals surface area contributed by atoms with Crippen molar-refractivity contribution in [3.63, 3.8) is 0 Å². The summed E-state index contributed by atoms with van der Waals surface area (Å²) in [6, 6.07) is 7.56. The van der Waals surface area contributed by atoms with Crippen molar-refractivity contribution >= 4 is 11.8 Å². The fraction of sp³-hybridized carbons (Fsp3) is 0.400. The van der Waals surface area contributed by atoms with Gasteiger partial charge >= 0.3 is 5.97 Å². The van der Waals surface area contributed by atoms with E-state index >= 15 is 0 Å². The maximum absolute atomic E-state index is 12.7. The first-order valence-corrected chi connectivity index (χ1v) is 8.60. The topological polar surface area (TPSA) is 64.6 Å². The van der Waals surface area contributed by atoms with E-state index in [2.05, 4.69) is 11.9 Å². The van der Waals surface area contributed by atoms with Crippen molar-refractivity contribution in [3.8, 4) is 5.75 Å². The molecule has 0 saturated heterocycles. The number of carbonyl (C=O) groups excluding carboxylic acids is 2. The number of methoxy groups -OCH3 is 1. The third kappa shape index (κ3) is 3.06. The van der Waals surface area contributed by atoms with E-state index < -0.39 is 17.8 Å². The molecule has 2 atom stereocenters. The van der Waals surface area contributed by atoms with Gasteiger partial charge in [-0.15, -0.1) is 0 Å². The number of esters is 1. The molecule has 0 saturated carbocycles. The normalized spacial score (nSPS) is 23.0. The lowest BCUT2D eigenvalue weighted by atomic mass is 9.71. The second kappa shape index (κ2) is 7.13. The van der Waals surface area contributed by atoms with Crippen LogP contribution in [0.5, 0.6) is 5.75 Å². The molecule has 1 aliphatic carbocycles. The van der Waals surface area contributed by atoms with Gasteiger partial charge in [-0.05, 0) is 25.8 Å². The molecule has 25 heavy (non-hydrogen) atoms. The zero-order chi connectivity index (χ0) is 18.0. The summed E-state index contributed by atoms with van der Waals surface area (Å²) in [5, 5.41) is 3.19. The Hall–Kier alpha value is -2.56. The third-order valence-corrected chi connectivity index (χ3v) is 4.80. The molecule has 0 spiro atoms. The van der Waals surface area contributed by atoms with E-state index in [9.17, 15) is 9.59 Å². The van der Waals surface area contributed by atoms with Gasteiger partial charge in [0.1, 0.15) is 11.7 Å². The van der Waals surface area contributed by atoms with Crippen molar-refractivity contribution in [1.82, 2.24) is 5.32 Å². The summed E-state index contributed by atoms with van der Waals surface area (Å²) in [5.74, 6) is -0.742. The quantitative estimate of drug-likeness (QED) is 0.853. The van der Waals surface area contributed by atoms with Gasteiger partial charge < -0.3 is 14.8 Å². The lowest BCUT2D eigenvalue weighted by Crippen LogP contribution is -2.41. The molecule has 0 aromatic heterocycles. The maximum Gasteiger partial charge on any atom is 0.315 e. The number of para-hydroxylation sites is 1. The van der Waals surface area contributed by atoms with Crippen molar-refractivity contribution in [1.29, 1.82) is 0 Å². The third-order valence-electron chi connectivity index (χ3n) is 4.80. The zero-order valence-electron chi connectivity index (χ0n) is 14.6. The van der Waals surface area contributed by atoms with Crippen LogP contribution in [0.2, 0.25) is 0 Å². The second-order valence-electron chi connectivity index (χ2n) is 6.27. The Kier molecular flexibility index (Phi) is 4.93. The lowest BCUT2D eigenvalue weighted by Gasteiger charge is -2.38. The van der Waals surface area contributed by atoms with Gasteiger partial charge in [0.05, 0.1) is 13.7 Å². The molecule has 2 aliphatic rings. The Bertz CT molecular complexity index is 750. The lowest BCUT2D eigenvalue weighted by molar-refractivity contribution is -0.144. The number of allylic oxidation sites excluding steroid dienone is 2. The first-order chi connectivity index (χ1) is 12.1. The fourth-order valence-corrected chi connectivity index (χ4v) is 3.76. The summed E-state index contributed by atoms with van der Waals surface area (Å²) in [4.78, 5) is 25.2. The van der Waals surface area contributed by atoms with Crippen molar-refractivity contribution in [2.45, 2.75) is 32.1 Å². The van der Waals surface area contributed by atoms with E-state index in [-0.39, 0.29) is 5.78 Å². The van der Waals surface area contributed by atoms with Crippen LogP contribution in [0.3, 0.4) is 0 Å². The number of ether oxygens (including phenoxy) is 2. The molecule has 0 fully saturated rings. The molecular weight excluding hydrogens is 318 g/mol. The summed E-state index contributed by atoms with van der Waals surface area (Å²) < 4.78 is 10.8. The SMILES string of the molecule is C=C1NC2=C(C(=O)CCC2)C(c2ccccc2OCC)C1C(=O)OC. The molecule has 0 radical (unpaired) electrons. The molecule has 5 nitrogen and oxygen atoms in total. The monoisotopic (exact) mass is 341 g/mol. The smallest absolute Gasteiger partial charge is 0.315 e. The number of hydrogen-bond acceptors (Lipinski definition) is 5. The number of hydrogen-bond donors (Lipinski definition) is 1. The molecule has 0 bridgehead atoms. The highest BCUT2D eigenvalue weighted by Crippen LogP contribution is 2.46. The highest BCUT2D eigenvalue weighted by atomic mass is 16.5. The van der Waals surface area contributed by atoms with Gasteiger partial charge in [-0.1, -0.05) is 24.8 Å². The fourth-order valence-electron chi connectivity index (χ4n) is 3.76. The van der Waals surface area contributed by atoms with Crippen LogP contribution >= 0.6 is 0 Å². The standard InChI is InChI=1S/C20H23NO4/c1-4-25-16-11-6-5-8-13(16)18-17(20(23)24-3)12(2)21-14-9-7-10-15(22)19(14)18/h5-6,8,11,17-18,21H,2,4,7,9-10H2,1,3H3. The van der Waals surface area contributed by atoms with Gasteiger partial charge in [0.15, 0.2) is 5.78 Å². The summed E-state index contributed by atoms with van der Waals surface area (Å²) in [5.41, 5.74) is 2.93. The number of benzene rings is 1. The molecule has 1 aliphatic heterocycles. The summed E-state index contributed by atoms with van der Waals surface area (Å²) in [7, 11) is 1.35. The minimum atomic E-state index is -0.660. The van der Waals surface area contributed by atoms with E-state index in [1.54, 1.807) is 0 Å². The number of Topliss-reactive ketones (excluding diaryl/α,β-unsaturated/α-hetero) is 1. The molecule has 3 rings (SSSR count). The summed E-state index contributed by atoms with van der Waals surface area (Å²) in [6.45, 7) is 6.45. The molecule has 0 amide bonds. The molecule has 2 unspecified atom stereocenters. The largest absolute Gasteiger partial charge is 0.494 e. The van der Waals surface area contributed by atoms with Gasteiger partial charge in [-0.2, -0.15) is 0 Å². The highest BCUT2D eigenvalue weighted by Gasteiger charge is 2.44. The first-order valence-electron chi connectivity index (χ1n) is 8.60. The van der Waals surface area contributed by atoms with E-state index in [0.29, 0.717) is 30.0 Å². The maximum atomic E-state index is 12.7. The van der Waals surface area contributed by atoms with E-state index in [1.807, 2.05) is 31.2 Å². The molecule has 1 N–H and O–H groups in total. The predicted molar refractivity (Wildman–Crippen MR) is 94.0 cm³/mol. The molecule has 5 heteroatoms. The van der Waals surface area contributed by atoms with Crippen molar-refractivity contribution < 1.29 is 19.1 Å². The number of ketones is 1. The van der Waals surface area contributed by atoms with Gasteiger partial charge in [-0.3, -0.25) is 9.59 Å². The molecular formula is C20H23NO4. The minimum Gasteiger partial charge on any atom is -0.494 e. The minimum absolute atomic E-state index is 0.0754. The van der Waals surface area contributed by atoms with Crippen molar-refractivity contribution in [2.24, 2.45) is 5.92 Å². The van der Waals surface area contributed by atoms with Crippen LogP contribution in [-0.2, 0) is 14.3 Å². The van der Waals surface area contributed by atoms with E-state index in [0.717, 1.165) is 24.1 Å². The number of rotatable bonds is 4. The number of carbonyl (C=O) groups is 2. The average Bonchev–Trinajstić information content (AvgIpc) is 2.61. The zero-order valence-corrected chi connectivity index (χ0v) is 14.6. The van der Waals surface area contributed by atoms with Crippen molar-refractivity contribution in [3.05, 3.63) is 53.4 Å². The predicted octanol–water partition coefficient (Wildman–Crippen LogP) is 3.08. The van der Waals surface area contributed by atoms with Gasteiger partial charge in [0, 0.05) is 34.9 Å². The van der Waals surface area contributed by atoms with Gasteiger partial charge in [0.2, 0.25) is 0 Å². The van der Waals surface area contributed by atoms with Crippen LogP contribution in [0.25, 0.3) is 0 Å². The molecule has 1 heterocycles. The second-order valence-corrected chi connectivity index (χ2v) is 6.27. The molecule has 132 valence electrons. The Morgan fingerprint density at radius 1 is 1.32 bits per heavy atom. The van der Waals surface area contributed by atoms with E-state index in [4.69, 9.17) is 9.47 Å².